The van der Waals surface area contributed by atoms with Crippen LogP contribution in [0.1, 0.15) is 22.8 Å². The van der Waals surface area contributed by atoms with Crippen LogP contribution >= 0.6 is 0 Å². The Morgan fingerprint density at radius 3 is 2.86 bits per heavy atom. The van der Waals surface area contributed by atoms with Gasteiger partial charge in [0.05, 0.1) is 6.54 Å². The predicted octanol–water partition coefficient (Wildman–Crippen LogP) is 1.34. The Labute approximate surface area is 81.9 Å². The summed E-state index contributed by atoms with van der Waals surface area (Å²) in [7, 11) is 0. The van der Waals surface area contributed by atoms with Gasteiger partial charge in [0.15, 0.2) is 5.78 Å². The SMILES string of the molecule is CC(=O)c1ccc(F)cc1C#CCN. The maximum absolute atomic E-state index is 12.8. The second-order valence-corrected chi connectivity index (χ2v) is 2.75. The highest BCUT2D eigenvalue weighted by molar-refractivity contribution is 5.96. The first-order valence-electron chi connectivity index (χ1n) is 4.14. The van der Waals surface area contributed by atoms with Crippen molar-refractivity contribution in [3.63, 3.8) is 0 Å². The number of carbonyl (C=O) groups is 1. The van der Waals surface area contributed by atoms with E-state index in [9.17, 15) is 9.18 Å². The summed E-state index contributed by atoms with van der Waals surface area (Å²) >= 11 is 0. The molecule has 0 atom stereocenters. The monoisotopic (exact) mass is 191 g/mol. The maximum Gasteiger partial charge on any atom is 0.161 e. The second-order valence-electron chi connectivity index (χ2n) is 2.75. The molecule has 3 heteroatoms. The highest BCUT2D eigenvalue weighted by atomic mass is 19.1. The van der Waals surface area contributed by atoms with Crippen LogP contribution in [-0.4, -0.2) is 12.3 Å². The number of hydrogen-bond donors (Lipinski definition) is 1. The third-order valence-corrected chi connectivity index (χ3v) is 1.69. The number of carbonyl (C=O) groups excluding carboxylic acids is 1. The molecule has 0 amide bonds. The zero-order valence-electron chi connectivity index (χ0n) is 7.80. The lowest BCUT2D eigenvalue weighted by atomic mass is 10.0. The lowest BCUT2D eigenvalue weighted by Crippen LogP contribution is -1.98. The van der Waals surface area contributed by atoms with Crippen LogP contribution in [0.5, 0.6) is 0 Å². The van der Waals surface area contributed by atoms with Gasteiger partial charge in [-0.3, -0.25) is 4.79 Å². The van der Waals surface area contributed by atoms with Crippen molar-refractivity contribution in [2.24, 2.45) is 5.73 Å². The largest absolute Gasteiger partial charge is 0.320 e. The van der Waals surface area contributed by atoms with Crippen molar-refractivity contribution in [2.75, 3.05) is 6.54 Å². The van der Waals surface area contributed by atoms with Crippen molar-refractivity contribution in [3.8, 4) is 11.8 Å². The summed E-state index contributed by atoms with van der Waals surface area (Å²) in [5.41, 5.74) is 6.00. The summed E-state index contributed by atoms with van der Waals surface area (Å²) in [6.45, 7) is 1.61. The lowest BCUT2D eigenvalue weighted by Gasteiger charge is -1.99. The number of Topliss-reactive ketones (excluding diaryl/α,β-unsaturated/α-hetero) is 1. The van der Waals surface area contributed by atoms with E-state index in [0.717, 1.165) is 0 Å². The van der Waals surface area contributed by atoms with E-state index in [2.05, 4.69) is 11.8 Å². The second kappa shape index (κ2) is 4.54. The van der Waals surface area contributed by atoms with Crippen LogP contribution in [0, 0.1) is 17.7 Å². The van der Waals surface area contributed by atoms with E-state index >= 15 is 0 Å². The van der Waals surface area contributed by atoms with Crippen LogP contribution in [0.15, 0.2) is 18.2 Å². The van der Waals surface area contributed by atoms with Crippen molar-refractivity contribution in [2.45, 2.75) is 6.92 Å². The minimum Gasteiger partial charge on any atom is -0.320 e. The fraction of sp³-hybridized carbons (Fsp3) is 0.182. The van der Waals surface area contributed by atoms with Gasteiger partial charge in [0.1, 0.15) is 5.82 Å². The summed E-state index contributed by atoms with van der Waals surface area (Å²) in [6, 6.07) is 3.90. The standard InChI is InChI=1S/C11H10FNO/c1-8(14)11-5-4-10(12)7-9(11)3-2-6-13/h4-5,7H,6,13H2,1H3. The Kier molecular flexibility index (Phi) is 3.38. The van der Waals surface area contributed by atoms with E-state index in [1.807, 2.05) is 0 Å². The van der Waals surface area contributed by atoms with Gasteiger partial charge in [-0.1, -0.05) is 11.8 Å². The normalized spacial score (nSPS) is 9.07. The van der Waals surface area contributed by atoms with Crippen molar-refractivity contribution in [1.82, 2.24) is 0 Å². The molecule has 0 aliphatic heterocycles. The molecule has 1 aromatic rings. The molecule has 0 bridgehead atoms. The molecule has 0 radical (unpaired) electrons. The van der Waals surface area contributed by atoms with Gasteiger partial charge in [0.25, 0.3) is 0 Å². The van der Waals surface area contributed by atoms with Gasteiger partial charge in [-0.2, -0.15) is 0 Å². The summed E-state index contributed by atoms with van der Waals surface area (Å²) < 4.78 is 12.8. The number of halogens is 1. The topological polar surface area (TPSA) is 43.1 Å². The Morgan fingerprint density at radius 2 is 2.29 bits per heavy atom. The Bertz CT molecular complexity index is 415. The summed E-state index contributed by atoms with van der Waals surface area (Å²) in [5, 5.41) is 0. The number of hydrogen-bond acceptors (Lipinski definition) is 2. The lowest BCUT2D eigenvalue weighted by molar-refractivity contribution is 0.101. The van der Waals surface area contributed by atoms with E-state index in [0.29, 0.717) is 11.1 Å². The van der Waals surface area contributed by atoms with Crippen molar-refractivity contribution in [1.29, 1.82) is 0 Å². The molecule has 14 heavy (non-hydrogen) atoms. The molecular formula is C11H10FNO. The minimum atomic E-state index is -0.406. The van der Waals surface area contributed by atoms with Gasteiger partial charge >= 0.3 is 0 Å². The van der Waals surface area contributed by atoms with Crippen molar-refractivity contribution >= 4 is 5.78 Å². The molecular weight excluding hydrogens is 181 g/mol. The number of nitrogens with two attached hydrogens (primary N) is 1. The first kappa shape index (κ1) is 10.4. The molecule has 0 aromatic heterocycles. The molecule has 0 aliphatic carbocycles. The van der Waals surface area contributed by atoms with E-state index in [1.54, 1.807) is 0 Å². The van der Waals surface area contributed by atoms with Gasteiger partial charge < -0.3 is 5.73 Å². The first-order chi connectivity index (χ1) is 6.65. The molecule has 72 valence electrons. The minimum absolute atomic E-state index is 0.133. The van der Waals surface area contributed by atoms with Crippen LogP contribution in [-0.2, 0) is 0 Å². The van der Waals surface area contributed by atoms with Gasteiger partial charge in [-0.25, -0.2) is 4.39 Å². The highest BCUT2D eigenvalue weighted by Crippen LogP contribution is 2.10. The first-order valence-corrected chi connectivity index (χ1v) is 4.14. The van der Waals surface area contributed by atoms with E-state index in [4.69, 9.17) is 5.73 Å². The van der Waals surface area contributed by atoms with Crippen LogP contribution < -0.4 is 5.73 Å². The molecule has 0 saturated carbocycles. The average Bonchev–Trinajstić information content (AvgIpc) is 2.14. The molecule has 0 fully saturated rings. The third-order valence-electron chi connectivity index (χ3n) is 1.69. The molecule has 2 nitrogen and oxygen atoms in total. The van der Waals surface area contributed by atoms with E-state index < -0.39 is 5.82 Å². The summed E-state index contributed by atoms with van der Waals surface area (Å²) in [4.78, 5) is 11.1. The zero-order chi connectivity index (χ0) is 10.6. The molecule has 2 N–H and O–H groups in total. The summed E-state index contributed by atoms with van der Waals surface area (Å²) in [5.74, 6) is 4.71. The van der Waals surface area contributed by atoms with Crippen LogP contribution in [0.25, 0.3) is 0 Å². The van der Waals surface area contributed by atoms with Gasteiger partial charge in [0.2, 0.25) is 0 Å². The Hall–Kier alpha value is -1.66. The number of benzene rings is 1. The van der Waals surface area contributed by atoms with Gasteiger partial charge in [-0.05, 0) is 25.1 Å². The van der Waals surface area contributed by atoms with Crippen molar-refractivity contribution < 1.29 is 9.18 Å². The molecule has 0 heterocycles. The number of ketones is 1. The third kappa shape index (κ3) is 2.41. The fourth-order valence-electron chi connectivity index (χ4n) is 1.07. The Balaban J connectivity index is 3.22. The van der Waals surface area contributed by atoms with E-state index in [-0.39, 0.29) is 12.3 Å². The van der Waals surface area contributed by atoms with Gasteiger partial charge in [-0.15, -0.1) is 0 Å². The van der Waals surface area contributed by atoms with Crippen molar-refractivity contribution in [3.05, 3.63) is 35.1 Å². The quantitative estimate of drug-likeness (QED) is 0.537. The smallest absolute Gasteiger partial charge is 0.161 e. The molecule has 0 unspecified atom stereocenters. The number of rotatable bonds is 1. The molecule has 0 saturated heterocycles. The maximum atomic E-state index is 12.8. The molecule has 1 aromatic carbocycles. The van der Waals surface area contributed by atoms with Crippen LogP contribution in [0.4, 0.5) is 4.39 Å². The fourth-order valence-corrected chi connectivity index (χ4v) is 1.07. The average molecular weight is 191 g/mol. The zero-order valence-corrected chi connectivity index (χ0v) is 7.80. The molecule has 0 aliphatic rings. The highest BCUT2D eigenvalue weighted by Gasteiger charge is 2.05. The molecule has 1 rings (SSSR count). The van der Waals surface area contributed by atoms with Gasteiger partial charge in [0, 0.05) is 11.1 Å². The molecule has 0 spiro atoms. The Morgan fingerprint density at radius 1 is 1.57 bits per heavy atom. The predicted molar refractivity (Wildman–Crippen MR) is 52.3 cm³/mol. The van der Waals surface area contributed by atoms with Crippen LogP contribution in [0.3, 0.4) is 0 Å². The van der Waals surface area contributed by atoms with E-state index in [1.165, 1.54) is 25.1 Å². The van der Waals surface area contributed by atoms with Crippen LogP contribution in [0.2, 0.25) is 0 Å². The summed E-state index contributed by atoms with van der Waals surface area (Å²) in [6.07, 6.45) is 0.